The van der Waals surface area contributed by atoms with Crippen molar-refractivity contribution in [3.05, 3.63) is 35.5 Å². The molecule has 0 radical (unpaired) electrons. The van der Waals surface area contributed by atoms with E-state index in [0.717, 1.165) is 66.9 Å². The lowest BCUT2D eigenvalue weighted by molar-refractivity contribution is -0.191. The average Bonchev–Trinajstić information content (AvgIpc) is 2.63. The van der Waals surface area contributed by atoms with Crippen LogP contribution >= 0.6 is 0 Å². The number of aromatic nitrogens is 2. The first-order chi connectivity index (χ1) is 12.1. The predicted molar refractivity (Wildman–Crippen MR) is 94.0 cm³/mol. The molecule has 1 aliphatic rings. The van der Waals surface area contributed by atoms with Crippen LogP contribution in [0.25, 0.3) is 11.4 Å². The third-order valence-corrected chi connectivity index (χ3v) is 4.01. The average molecular weight is 342 g/mol. The summed E-state index contributed by atoms with van der Waals surface area (Å²) in [5.41, 5.74) is 9.84. The molecule has 0 spiro atoms. The lowest BCUT2D eigenvalue weighted by Gasteiger charge is -2.29. The van der Waals surface area contributed by atoms with Crippen LogP contribution in [0.1, 0.15) is 18.2 Å². The summed E-state index contributed by atoms with van der Waals surface area (Å²) in [5.74, 6) is 1.77. The second-order valence-corrected chi connectivity index (χ2v) is 5.60. The Kier molecular flexibility index (Phi) is 6.62. The number of carbonyl (C=O) groups excluding carboxylic acids is 2. The van der Waals surface area contributed by atoms with Gasteiger partial charge in [-0.3, -0.25) is 0 Å². The molecule has 1 aliphatic heterocycles. The van der Waals surface area contributed by atoms with E-state index in [1.54, 1.807) is 0 Å². The van der Waals surface area contributed by atoms with Crippen LogP contribution in [0, 0.1) is 6.92 Å². The molecule has 2 N–H and O–H groups in total. The number of aryl methyl sites for hydroxylation is 1. The van der Waals surface area contributed by atoms with Crippen molar-refractivity contribution < 1.29 is 14.3 Å². The quantitative estimate of drug-likeness (QED) is 0.850. The van der Waals surface area contributed by atoms with Gasteiger partial charge in [-0.15, -0.1) is 0 Å². The van der Waals surface area contributed by atoms with E-state index < -0.39 is 0 Å². The number of rotatable bonds is 3. The molecule has 132 valence electrons. The zero-order valence-electron chi connectivity index (χ0n) is 14.5. The lowest BCUT2D eigenvalue weighted by atomic mass is 10.1. The fraction of sp³-hybridized carbons (Fsp3) is 0.389. The van der Waals surface area contributed by atoms with Crippen molar-refractivity contribution in [3.63, 3.8) is 0 Å². The number of morpholine rings is 1. The molecule has 0 aliphatic carbocycles. The third kappa shape index (κ3) is 4.62. The van der Waals surface area contributed by atoms with Gasteiger partial charge < -0.3 is 15.4 Å². The molecule has 0 bridgehead atoms. The van der Waals surface area contributed by atoms with Crippen molar-refractivity contribution >= 4 is 17.7 Å². The van der Waals surface area contributed by atoms with E-state index in [4.69, 9.17) is 30.0 Å². The first-order valence-corrected chi connectivity index (χ1v) is 8.16. The SMILES string of the molecule is CCc1nc(-c2cccc(N)c2)nc(N2CCOCC2)c1C.O=C=O. The maximum absolute atomic E-state index is 8.12. The van der Waals surface area contributed by atoms with Crippen molar-refractivity contribution in [2.45, 2.75) is 20.3 Å². The van der Waals surface area contributed by atoms with Gasteiger partial charge in [-0.05, 0) is 25.5 Å². The van der Waals surface area contributed by atoms with Gasteiger partial charge >= 0.3 is 6.15 Å². The zero-order valence-corrected chi connectivity index (χ0v) is 14.5. The Labute approximate surface area is 146 Å². The molecular formula is C18H22N4O3. The van der Waals surface area contributed by atoms with Crippen LogP contribution in [0.3, 0.4) is 0 Å². The second kappa shape index (κ2) is 8.92. The predicted octanol–water partition coefficient (Wildman–Crippen LogP) is 1.85. The summed E-state index contributed by atoms with van der Waals surface area (Å²) in [6.45, 7) is 7.47. The summed E-state index contributed by atoms with van der Waals surface area (Å²) >= 11 is 0. The fourth-order valence-corrected chi connectivity index (χ4v) is 2.78. The summed E-state index contributed by atoms with van der Waals surface area (Å²) in [4.78, 5) is 28.1. The van der Waals surface area contributed by atoms with Gasteiger partial charge in [0.25, 0.3) is 0 Å². The first kappa shape index (κ1) is 18.6. The molecule has 1 fully saturated rings. The maximum atomic E-state index is 8.12. The highest BCUT2D eigenvalue weighted by Crippen LogP contribution is 2.26. The Morgan fingerprint density at radius 2 is 1.92 bits per heavy atom. The van der Waals surface area contributed by atoms with E-state index >= 15 is 0 Å². The standard InChI is InChI=1S/C17H22N4O.CO2/c1-3-15-12(2)17(21-7-9-22-10-8-21)20-16(19-15)13-5-4-6-14(18)11-13;2-1-3/h4-6,11H,3,7-10,18H2,1-2H3;. The van der Waals surface area contributed by atoms with Crippen molar-refractivity contribution in [1.82, 2.24) is 9.97 Å². The number of anilines is 2. The van der Waals surface area contributed by atoms with Crippen molar-refractivity contribution in [3.8, 4) is 11.4 Å². The summed E-state index contributed by atoms with van der Waals surface area (Å²) in [6.07, 6.45) is 1.14. The lowest BCUT2D eigenvalue weighted by Crippen LogP contribution is -2.37. The van der Waals surface area contributed by atoms with E-state index in [0.29, 0.717) is 0 Å². The van der Waals surface area contributed by atoms with Crippen LogP contribution in [0.5, 0.6) is 0 Å². The molecule has 0 amide bonds. The van der Waals surface area contributed by atoms with Gasteiger partial charge in [0, 0.05) is 35.6 Å². The molecule has 7 nitrogen and oxygen atoms in total. The molecule has 0 saturated carbocycles. The zero-order chi connectivity index (χ0) is 18.2. The van der Waals surface area contributed by atoms with Crippen molar-refractivity contribution in [2.24, 2.45) is 0 Å². The number of ether oxygens (including phenoxy) is 1. The van der Waals surface area contributed by atoms with Gasteiger partial charge in [0.2, 0.25) is 0 Å². The van der Waals surface area contributed by atoms with Gasteiger partial charge in [-0.1, -0.05) is 19.1 Å². The van der Waals surface area contributed by atoms with Gasteiger partial charge in [-0.2, -0.15) is 9.59 Å². The summed E-state index contributed by atoms with van der Waals surface area (Å²) in [6, 6.07) is 7.74. The molecule has 7 heteroatoms. The molecule has 2 aromatic rings. The Bertz CT molecular complexity index is 752. The number of benzene rings is 1. The molecule has 1 aromatic carbocycles. The Balaban J connectivity index is 0.000000701. The van der Waals surface area contributed by atoms with E-state index in [2.05, 4.69) is 18.7 Å². The Hall–Kier alpha value is -2.76. The Morgan fingerprint density at radius 3 is 2.52 bits per heavy atom. The van der Waals surface area contributed by atoms with Gasteiger partial charge in [0.15, 0.2) is 5.82 Å². The smallest absolute Gasteiger partial charge is 0.373 e. The minimum Gasteiger partial charge on any atom is -0.399 e. The number of nitrogens with zero attached hydrogens (tertiary/aromatic N) is 3. The Morgan fingerprint density at radius 1 is 1.24 bits per heavy atom. The van der Waals surface area contributed by atoms with Gasteiger partial charge in [-0.25, -0.2) is 9.97 Å². The minimum atomic E-state index is 0.250. The highest BCUT2D eigenvalue weighted by atomic mass is 16.5. The molecule has 1 saturated heterocycles. The number of hydrogen-bond donors (Lipinski definition) is 1. The van der Waals surface area contributed by atoms with Crippen LogP contribution in [0.15, 0.2) is 24.3 Å². The van der Waals surface area contributed by atoms with E-state index in [1.165, 1.54) is 0 Å². The highest BCUT2D eigenvalue weighted by Gasteiger charge is 2.19. The maximum Gasteiger partial charge on any atom is 0.373 e. The summed E-state index contributed by atoms with van der Waals surface area (Å²) in [5, 5.41) is 0. The second-order valence-electron chi connectivity index (χ2n) is 5.60. The van der Waals surface area contributed by atoms with E-state index in [1.807, 2.05) is 24.3 Å². The monoisotopic (exact) mass is 342 g/mol. The highest BCUT2D eigenvalue weighted by molar-refractivity contribution is 5.64. The van der Waals surface area contributed by atoms with E-state index in [9.17, 15) is 0 Å². The number of nitrogens with two attached hydrogens (primary N) is 1. The van der Waals surface area contributed by atoms with E-state index in [-0.39, 0.29) is 6.15 Å². The molecular weight excluding hydrogens is 320 g/mol. The molecule has 0 unspecified atom stereocenters. The molecule has 1 aromatic heterocycles. The van der Waals surface area contributed by atoms with Crippen molar-refractivity contribution in [2.75, 3.05) is 36.9 Å². The molecule has 25 heavy (non-hydrogen) atoms. The minimum absolute atomic E-state index is 0.250. The van der Waals surface area contributed by atoms with Gasteiger partial charge in [0.05, 0.1) is 13.2 Å². The topological polar surface area (TPSA) is 98.4 Å². The fourth-order valence-electron chi connectivity index (χ4n) is 2.78. The van der Waals surface area contributed by atoms with Crippen LogP contribution in [-0.2, 0) is 20.7 Å². The largest absolute Gasteiger partial charge is 0.399 e. The number of nitrogen functional groups attached to an aromatic ring is 1. The van der Waals surface area contributed by atoms with Crippen molar-refractivity contribution in [1.29, 1.82) is 0 Å². The first-order valence-electron chi connectivity index (χ1n) is 8.16. The summed E-state index contributed by atoms with van der Waals surface area (Å²) < 4.78 is 5.45. The van der Waals surface area contributed by atoms with Gasteiger partial charge in [0.1, 0.15) is 5.82 Å². The third-order valence-electron chi connectivity index (χ3n) is 4.01. The van der Waals surface area contributed by atoms with Crippen LogP contribution < -0.4 is 10.6 Å². The molecule has 3 rings (SSSR count). The van der Waals surface area contributed by atoms with Crippen LogP contribution in [-0.4, -0.2) is 42.4 Å². The molecule has 0 atom stereocenters. The normalized spacial score (nSPS) is 13.6. The number of hydrogen-bond acceptors (Lipinski definition) is 7. The van der Waals surface area contributed by atoms with Crippen LogP contribution in [0.4, 0.5) is 11.5 Å². The summed E-state index contributed by atoms with van der Waals surface area (Å²) in [7, 11) is 0. The molecule has 2 heterocycles. The van der Waals surface area contributed by atoms with Crippen LogP contribution in [0.2, 0.25) is 0 Å².